The van der Waals surface area contributed by atoms with E-state index in [1.807, 2.05) is 11.8 Å². The highest BCUT2D eigenvalue weighted by molar-refractivity contribution is 5.74. The van der Waals surface area contributed by atoms with E-state index in [0.29, 0.717) is 18.3 Å². The third-order valence-corrected chi connectivity index (χ3v) is 3.63. The number of nitrogens with zero attached hydrogens (tertiary/aromatic N) is 1. The molecule has 2 amide bonds. The summed E-state index contributed by atoms with van der Waals surface area (Å²) in [4.78, 5) is 14.0. The van der Waals surface area contributed by atoms with E-state index in [9.17, 15) is 9.18 Å². The van der Waals surface area contributed by atoms with Gasteiger partial charge in [0.25, 0.3) is 0 Å². The molecule has 5 heteroatoms. The van der Waals surface area contributed by atoms with Crippen molar-refractivity contribution in [3.63, 3.8) is 0 Å². The van der Waals surface area contributed by atoms with E-state index in [-0.39, 0.29) is 17.9 Å². The number of hydrogen-bond donors (Lipinski definition) is 1. The third kappa shape index (κ3) is 4.92. The molecule has 4 nitrogen and oxygen atoms in total. The molecule has 21 heavy (non-hydrogen) atoms. The van der Waals surface area contributed by atoms with Crippen molar-refractivity contribution < 1.29 is 13.9 Å². The van der Waals surface area contributed by atoms with Crippen molar-refractivity contribution in [1.29, 1.82) is 0 Å². The molecule has 0 bridgehead atoms. The molecule has 116 valence electrons. The summed E-state index contributed by atoms with van der Waals surface area (Å²) in [7, 11) is 0. The largest absolute Gasteiger partial charge is 0.491 e. The molecule has 2 unspecified atom stereocenters. The SMILES string of the molecule is CC1CCCN(C(=O)NC(C)COc2ccc(F)cc2)C1. The Bertz CT molecular complexity index is 464. The van der Waals surface area contributed by atoms with Crippen LogP contribution in [0.25, 0.3) is 0 Å². The molecule has 0 spiro atoms. The van der Waals surface area contributed by atoms with E-state index in [0.717, 1.165) is 19.5 Å². The number of nitrogens with one attached hydrogen (secondary N) is 1. The Balaban J connectivity index is 1.74. The fourth-order valence-electron chi connectivity index (χ4n) is 2.47. The van der Waals surface area contributed by atoms with Crippen LogP contribution in [0.1, 0.15) is 26.7 Å². The van der Waals surface area contributed by atoms with Gasteiger partial charge in [0.05, 0.1) is 6.04 Å². The minimum atomic E-state index is -0.289. The van der Waals surface area contributed by atoms with Crippen molar-refractivity contribution in [2.45, 2.75) is 32.7 Å². The van der Waals surface area contributed by atoms with Crippen LogP contribution in [0.5, 0.6) is 5.75 Å². The van der Waals surface area contributed by atoms with Crippen LogP contribution in [0.2, 0.25) is 0 Å². The fourth-order valence-corrected chi connectivity index (χ4v) is 2.47. The van der Waals surface area contributed by atoms with Gasteiger partial charge in [-0.3, -0.25) is 0 Å². The van der Waals surface area contributed by atoms with Crippen molar-refractivity contribution in [2.24, 2.45) is 5.92 Å². The Morgan fingerprint density at radius 2 is 2.19 bits per heavy atom. The van der Waals surface area contributed by atoms with Crippen LogP contribution in [0.15, 0.2) is 24.3 Å². The lowest BCUT2D eigenvalue weighted by Crippen LogP contribution is -2.48. The van der Waals surface area contributed by atoms with Gasteiger partial charge in [-0.25, -0.2) is 9.18 Å². The fraction of sp³-hybridized carbons (Fsp3) is 0.562. The second-order valence-corrected chi connectivity index (χ2v) is 5.81. The molecule has 0 aliphatic carbocycles. The lowest BCUT2D eigenvalue weighted by Gasteiger charge is -2.32. The number of carbonyl (C=O) groups is 1. The molecule has 1 heterocycles. The van der Waals surface area contributed by atoms with Crippen molar-refractivity contribution in [3.05, 3.63) is 30.1 Å². The normalized spacial score (nSPS) is 20.0. The predicted molar refractivity (Wildman–Crippen MR) is 79.9 cm³/mol. The number of benzene rings is 1. The summed E-state index contributed by atoms with van der Waals surface area (Å²) in [6, 6.07) is 5.74. The van der Waals surface area contributed by atoms with Crippen LogP contribution in [0, 0.1) is 11.7 Å². The summed E-state index contributed by atoms with van der Waals surface area (Å²) in [5, 5.41) is 2.94. The third-order valence-electron chi connectivity index (χ3n) is 3.63. The lowest BCUT2D eigenvalue weighted by molar-refractivity contribution is 0.162. The predicted octanol–water partition coefficient (Wildman–Crippen LogP) is 3.03. The summed E-state index contributed by atoms with van der Waals surface area (Å²) in [5.74, 6) is 0.877. The average molecular weight is 294 g/mol. The maximum absolute atomic E-state index is 12.8. The number of halogens is 1. The van der Waals surface area contributed by atoms with Gasteiger partial charge < -0.3 is 15.0 Å². The van der Waals surface area contributed by atoms with Crippen LogP contribution < -0.4 is 10.1 Å². The second kappa shape index (κ2) is 7.29. The van der Waals surface area contributed by atoms with E-state index in [2.05, 4.69) is 12.2 Å². The van der Waals surface area contributed by atoms with Gasteiger partial charge in [-0.1, -0.05) is 6.92 Å². The molecule has 1 N–H and O–H groups in total. The number of likely N-dealkylation sites (tertiary alicyclic amines) is 1. The zero-order valence-corrected chi connectivity index (χ0v) is 12.6. The molecular formula is C16H23FN2O2. The van der Waals surface area contributed by atoms with E-state index < -0.39 is 0 Å². The zero-order valence-electron chi connectivity index (χ0n) is 12.6. The highest BCUT2D eigenvalue weighted by Gasteiger charge is 2.21. The molecule has 0 aromatic heterocycles. The molecule has 1 aromatic rings. The smallest absolute Gasteiger partial charge is 0.317 e. The van der Waals surface area contributed by atoms with Gasteiger partial charge in [0.15, 0.2) is 0 Å². The molecule has 2 rings (SSSR count). The van der Waals surface area contributed by atoms with Gasteiger partial charge in [-0.15, -0.1) is 0 Å². The van der Waals surface area contributed by atoms with Crippen LogP contribution >= 0.6 is 0 Å². The van der Waals surface area contributed by atoms with Crippen molar-refractivity contribution >= 4 is 6.03 Å². The van der Waals surface area contributed by atoms with Gasteiger partial charge in [0.2, 0.25) is 0 Å². The standard InChI is InChI=1S/C16H23FN2O2/c1-12-4-3-9-19(10-12)16(20)18-13(2)11-21-15-7-5-14(17)6-8-15/h5-8,12-13H,3-4,9-11H2,1-2H3,(H,18,20). The van der Waals surface area contributed by atoms with Crippen LogP contribution in [-0.4, -0.2) is 36.7 Å². The molecule has 1 aliphatic heterocycles. The molecule has 1 fully saturated rings. The summed E-state index contributed by atoms with van der Waals surface area (Å²) in [6.45, 7) is 6.06. The highest BCUT2D eigenvalue weighted by Crippen LogP contribution is 2.15. The Morgan fingerprint density at radius 1 is 1.48 bits per heavy atom. The number of rotatable bonds is 4. The number of urea groups is 1. The van der Waals surface area contributed by atoms with E-state index >= 15 is 0 Å². The molecule has 2 atom stereocenters. The number of ether oxygens (including phenoxy) is 1. The Morgan fingerprint density at radius 3 is 2.86 bits per heavy atom. The van der Waals surface area contributed by atoms with Crippen LogP contribution in [0.4, 0.5) is 9.18 Å². The number of piperidine rings is 1. The Labute approximate surface area is 125 Å². The van der Waals surface area contributed by atoms with Gasteiger partial charge >= 0.3 is 6.03 Å². The first-order chi connectivity index (χ1) is 10.0. The Kier molecular flexibility index (Phi) is 5.42. The summed E-state index contributed by atoms with van der Waals surface area (Å²) >= 11 is 0. The Hall–Kier alpha value is -1.78. The molecule has 0 saturated carbocycles. The second-order valence-electron chi connectivity index (χ2n) is 5.81. The highest BCUT2D eigenvalue weighted by atomic mass is 19.1. The zero-order chi connectivity index (χ0) is 15.2. The van der Waals surface area contributed by atoms with Gasteiger partial charge in [0.1, 0.15) is 18.2 Å². The lowest BCUT2D eigenvalue weighted by atomic mass is 10.0. The van der Waals surface area contributed by atoms with Crippen molar-refractivity contribution in [2.75, 3.05) is 19.7 Å². The first-order valence-corrected chi connectivity index (χ1v) is 7.48. The van der Waals surface area contributed by atoms with Gasteiger partial charge in [-0.05, 0) is 49.9 Å². The monoisotopic (exact) mass is 294 g/mol. The maximum Gasteiger partial charge on any atom is 0.317 e. The summed E-state index contributed by atoms with van der Waals surface area (Å²) < 4.78 is 18.3. The van der Waals surface area contributed by atoms with E-state index in [4.69, 9.17) is 4.74 Å². The average Bonchev–Trinajstić information content (AvgIpc) is 2.46. The van der Waals surface area contributed by atoms with E-state index in [1.165, 1.54) is 18.6 Å². The quantitative estimate of drug-likeness (QED) is 0.927. The van der Waals surface area contributed by atoms with Crippen LogP contribution in [0.3, 0.4) is 0 Å². The molecule has 0 radical (unpaired) electrons. The van der Waals surface area contributed by atoms with Gasteiger partial charge in [0, 0.05) is 13.1 Å². The van der Waals surface area contributed by atoms with Crippen molar-refractivity contribution in [1.82, 2.24) is 10.2 Å². The van der Waals surface area contributed by atoms with Crippen molar-refractivity contribution in [3.8, 4) is 5.75 Å². The minimum Gasteiger partial charge on any atom is -0.491 e. The van der Waals surface area contributed by atoms with E-state index in [1.54, 1.807) is 12.1 Å². The molecular weight excluding hydrogens is 271 g/mol. The first kappa shape index (κ1) is 15.6. The van der Waals surface area contributed by atoms with Gasteiger partial charge in [-0.2, -0.15) is 0 Å². The number of hydrogen-bond acceptors (Lipinski definition) is 2. The maximum atomic E-state index is 12.8. The molecule has 1 aliphatic rings. The number of carbonyl (C=O) groups excluding carboxylic acids is 1. The van der Waals surface area contributed by atoms with Crippen LogP contribution in [-0.2, 0) is 0 Å². The molecule has 1 aromatic carbocycles. The summed E-state index contributed by atoms with van der Waals surface area (Å²) in [6.07, 6.45) is 2.25. The first-order valence-electron chi connectivity index (χ1n) is 7.48. The molecule has 1 saturated heterocycles. The number of amides is 2. The topological polar surface area (TPSA) is 41.6 Å². The summed E-state index contributed by atoms with van der Waals surface area (Å²) in [5.41, 5.74) is 0. The minimum absolute atomic E-state index is 0.0308.